The van der Waals surface area contributed by atoms with E-state index in [-0.39, 0.29) is 16.7 Å². The van der Waals surface area contributed by atoms with Gasteiger partial charge in [0.2, 0.25) is 10.0 Å². The number of rotatable bonds is 3. The number of ketones is 1. The van der Waals surface area contributed by atoms with Crippen LogP contribution in [0, 0.1) is 18.3 Å². The van der Waals surface area contributed by atoms with Crippen molar-refractivity contribution in [3.05, 3.63) is 29.3 Å². The molecule has 2 rings (SSSR count). The van der Waals surface area contributed by atoms with Gasteiger partial charge in [-0.1, -0.05) is 6.07 Å². The van der Waals surface area contributed by atoms with Crippen molar-refractivity contribution in [3.63, 3.8) is 0 Å². The second-order valence-corrected chi connectivity index (χ2v) is 7.35. The Morgan fingerprint density at radius 2 is 1.90 bits per heavy atom. The molecule has 1 aromatic rings. The molecule has 1 aliphatic carbocycles. The maximum absolute atomic E-state index is 12.7. The van der Waals surface area contributed by atoms with E-state index in [0.717, 1.165) is 0 Å². The Morgan fingerprint density at radius 1 is 1.29 bits per heavy atom. The number of Topliss-reactive ketones (excluding diaryl/α,β-unsaturated/α-hetero) is 1. The number of hydrogen-bond donors (Lipinski definition) is 0. The number of aryl methyl sites for hydroxylation is 1. The van der Waals surface area contributed by atoms with Crippen molar-refractivity contribution in [1.29, 1.82) is 5.26 Å². The molecule has 5 nitrogen and oxygen atoms in total. The van der Waals surface area contributed by atoms with Crippen molar-refractivity contribution in [2.24, 2.45) is 0 Å². The van der Waals surface area contributed by atoms with Gasteiger partial charge in [-0.15, -0.1) is 0 Å². The monoisotopic (exact) mass is 306 g/mol. The summed E-state index contributed by atoms with van der Waals surface area (Å²) >= 11 is 0. The van der Waals surface area contributed by atoms with Crippen LogP contribution in [0.5, 0.6) is 0 Å². The van der Waals surface area contributed by atoms with Crippen LogP contribution in [-0.4, -0.2) is 31.6 Å². The molecule has 0 unspecified atom stereocenters. The molecule has 1 aliphatic rings. The normalized spacial score (nSPS) is 17.0. The van der Waals surface area contributed by atoms with Crippen LogP contribution in [0.15, 0.2) is 23.1 Å². The van der Waals surface area contributed by atoms with Gasteiger partial charge < -0.3 is 0 Å². The molecular formula is C15H18N2O3S. The third-order valence-electron chi connectivity index (χ3n) is 4.00. The van der Waals surface area contributed by atoms with Gasteiger partial charge in [-0.3, -0.25) is 4.79 Å². The summed E-state index contributed by atoms with van der Waals surface area (Å²) in [4.78, 5) is 11.5. The highest BCUT2D eigenvalue weighted by molar-refractivity contribution is 7.89. The number of sulfonamides is 1. The smallest absolute Gasteiger partial charge is 0.243 e. The molecular weight excluding hydrogens is 288 g/mol. The Bertz CT molecular complexity index is 694. The molecule has 0 amide bonds. The van der Waals surface area contributed by atoms with Crippen molar-refractivity contribution in [3.8, 4) is 6.07 Å². The Hall–Kier alpha value is -1.71. The molecule has 0 aliphatic heterocycles. The summed E-state index contributed by atoms with van der Waals surface area (Å²) in [7, 11) is -2.10. The lowest BCUT2D eigenvalue weighted by Gasteiger charge is -2.30. The van der Waals surface area contributed by atoms with Gasteiger partial charge in [0.15, 0.2) is 0 Å². The molecule has 0 spiro atoms. The third kappa shape index (κ3) is 3.14. The summed E-state index contributed by atoms with van der Waals surface area (Å²) in [5.41, 5.74) is 0.944. The van der Waals surface area contributed by atoms with E-state index >= 15 is 0 Å². The highest BCUT2D eigenvalue weighted by Crippen LogP contribution is 2.27. The van der Waals surface area contributed by atoms with Crippen LogP contribution in [0.2, 0.25) is 0 Å². The Morgan fingerprint density at radius 3 is 2.48 bits per heavy atom. The molecule has 112 valence electrons. The van der Waals surface area contributed by atoms with Crippen LogP contribution in [0.1, 0.15) is 36.8 Å². The highest BCUT2D eigenvalue weighted by atomic mass is 32.2. The maximum atomic E-state index is 12.7. The molecule has 0 atom stereocenters. The molecule has 1 fully saturated rings. The molecule has 0 saturated heterocycles. The summed E-state index contributed by atoms with van der Waals surface area (Å²) < 4.78 is 26.8. The molecule has 0 radical (unpaired) electrons. The first-order valence-corrected chi connectivity index (χ1v) is 8.30. The zero-order valence-corrected chi connectivity index (χ0v) is 13.0. The topological polar surface area (TPSA) is 78.2 Å². The average molecular weight is 306 g/mol. The number of carbonyl (C=O) groups excluding carboxylic acids is 1. The van der Waals surface area contributed by atoms with Crippen LogP contribution < -0.4 is 0 Å². The Labute approximate surface area is 125 Å². The van der Waals surface area contributed by atoms with E-state index in [1.807, 2.05) is 6.07 Å². The van der Waals surface area contributed by atoms with E-state index in [1.54, 1.807) is 26.1 Å². The lowest BCUT2D eigenvalue weighted by molar-refractivity contribution is -0.120. The third-order valence-corrected chi connectivity index (χ3v) is 6.05. The number of hydrogen-bond acceptors (Lipinski definition) is 4. The van der Waals surface area contributed by atoms with E-state index < -0.39 is 10.0 Å². The van der Waals surface area contributed by atoms with Gasteiger partial charge in [-0.05, 0) is 37.5 Å². The summed E-state index contributed by atoms with van der Waals surface area (Å²) in [6, 6.07) is 6.47. The number of nitriles is 1. The molecule has 0 aromatic heterocycles. The molecule has 1 aromatic carbocycles. The van der Waals surface area contributed by atoms with Gasteiger partial charge in [0.1, 0.15) is 5.78 Å². The van der Waals surface area contributed by atoms with Crippen molar-refractivity contribution in [2.75, 3.05) is 7.05 Å². The SMILES string of the molecule is Cc1ccc(C#N)cc1S(=O)(=O)N(C)C1CCC(=O)CC1. The Kier molecular flexibility index (Phi) is 4.45. The minimum atomic E-state index is -3.65. The minimum absolute atomic E-state index is 0.155. The van der Waals surface area contributed by atoms with E-state index in [1.165, 1.54) is 10.4 Å². The first kappa shape index (κ1) is 15.7. The molecule has 6 heteroatoms. The molecule has 21 heavy (non-hydrogen) atoms. The van der Waals surface area contributed by atoms with Gasteiger partial charge in [0.25, 0.3) is 0 Å². The predicted octanol–water partition coefficient (Wildman–Crippen LogP) is 2.00. The maximum Gasteiger partial charge on any atom is 0.243 e. The van der Waals surface area contributed by atoms with Crippen LogP contribution >= 0.6 is 0 Å². The first-order valence-electron chi connectivity index (χ1n) is 6.86. The number of carbonyl (C=O) groups is 1. The molecule has 0 N–H and O–H groups in total. The van der Waals surface area contributed by atoms with Crippen molar-refractivity contribution in [2.45, 2.75) is 43.5 Å². The fourth-order valence-corrected chi connectivity index (χ4v) is 4.25. The lowest BCUT2D eigenvalue weighted by atomic mass is 9.95. The fourth-order valence-electron chi connectivity index (χ4n) is 2.59. The second-order valence-electron chi connectivity index (χ2n) is 5.38. The van der Waals surface area contributed by atoms with Gasteiger partial charge in [-0.25, -0.2) is 8.42 Å². The fraction of sp³-hybridized carbons (Fsp3) is 0.467. The minimum Gasteiger partial charge on any atom is -0.300 e. The van der Waals surface area contributed by atoms with Crippen LogP contribution in [-0.2, 0) is 14.8 Å². The van der Waals surface area contributed by atoms with Crippen LogP contribution in [0.25, 0.3) is 0 Å². The lowest BCUT2D eigenvalue weighted by Crippen LogP contribution is -2.39. The van der Waals surface area contributed by atoms with Gasteiger partial charge in [0, 0.05) is 25.9 Å². The van der Waals surface area contributed by atoms with Crippen molar-refractivity contribution >= 4 is 15.8 Å². The van der Waals surface area contributed by atoms with Crippen molar-refractivity contribution < 1.29 is 13.2 Å². The zero-order valence-electron chi connectivity index (χ0n) is 12.2. The largest absolute Gasteiger partial charge is 0.300 e. The molecule has 0 bridgehead atoms. The second kappa shape index (κ2) is 5.96. The number of nitrogens with zero attached hydrogens (tertiary/aromatic N) is 2. The van der Waals surface area contributed by atoms with E-state index in [0.29, 0.717) is 36.8 Å². The summed E-state index contributed by atoms with van der Waals surface area (Å²) in [5, 5.41) is 8.94. The zero-order chi connectivity index (χ0) is 15.6. The van der Waals surface area contributed by atoms with Crippen LogP contribution in [0.3, 0.4) is 0 Å². The highest BCUT2D eigenvalue weighted by Gasteiger charge is 2.31. The van der Waals surface area contributed by atoms with E-state index in [4.69, 9.17) is 5.26 Å². The summed E-state index contributed by atoms with van der Waals surface area (Å²) in [6.07, 6.45) is 1.99. The Balaban J connectivity index is 2.33. The molecule has 1 saturated carbocycles. The molecule has 0 heterocycles. The van der Waals surface area contributed by atoms with Crippen LogP contribution in [0.4, 0.5) is 0 Å². The average Bonchev–Trinajstić information content (AvgIpc) is 2.47. The standard InChI is InChI=1S/C15H18N2O3S/c1-11-3-4-12(10-16)9-15(11)21(19,20)17(2)13-5-7-14(18)8-6-13/h3-4,9,13H,5-8H2,1-2H3. The van der Waals surface area contributed by atoms with Gasteiger partial charge in [0.05, 0.1) is 16.5 Å². The summed E-state index contributed by atoms with van der Waals surface area (Å²) in [5.74, 6) is 0.194. The summed E-state index contributed by atoms with van der Waals surface area (Å²) in [6.45, 7) is 1.71. The van der Waals surface area contributed by atoms with Gasteiger partial charge >= 0.3 is 0 Å². The van der Waals surface area contributed by atoms with E-state index in [2.05, 4.69) is 0 Å². The van der Waals surface area contributed by atoms with Gasteiger partial charge in [-0.2, -0.15) is 9.57 Å². The number of benzene rings is 1. The van der Waals surface area contributed by atoms with E-state index in [9.17, 15) is 13.2 Å². The first-order chi connectivity index (χ1) is 9.86. The van der Waals surface area contributed by atoms with Crippen molar-refractivity contribution in [1.82, 2.24) is 4.31 Å². The quantitative estimate of drug-likeness (QED) is 0.855. The predicted molar refractivity (Wildman–Crippen MR) is 78.1 cm³/mol.